The van der Waals surface area contributed by atoms with E-state index in [-0.39, 0.29) is 6.54 Å². The molecule has 0 aliphatic carbocycles. The highest BCUT2D eigenvalue weighted by Gasteiger charge is 2.23. The van der Waals surface area contributed by atoms with Gasteiger partial charge in [-0.2, -0.15) is 4.72 Å². The molecule has 0 spiro atoms. The summed E-state index contributed by atoms with van der Waals surface area (Å²) in [5, 5.41) is 9.57. The summed E-state index contributed by atoms with van der Waals surface area (Å²) in [6, 6.07) is 8.58. The van der Waals surface area contributed by atoms with Gasteiger partial charge in [0.1, 0.15) is 11.9 Å². The van der Waals surface area contributed by atoms with Gasteiger partial charge in [0.25, 0.3) is 0 Å². The number of aliphatic hydroxyl groups excluding tert-OH is 1. The summed E-state index contributed by atoms with van der Waals surface area (Å²) < 4.78 is 29.7. The summed E-state index contributed by atoms with van der Waals surface area (Å²) in [5.74, 6) is 0.446. The van der Waals surface area contributed by atoms with Crippen LogP contribution in [0.25, 0.3) is 0 Å². The molecule has 0 heterocycles. The van der Waals surface area contributed by atoms with Crippen LogP contribution >= 0.6 is 0 Å². The fourth-order valence-corrected chi connectivity index (χ4v) is 1.79. The zero-order valence-electron chi connectivity index (χ0n) is 9.41. The van der Waals surface area contributed by atoms with Gasteiger partial charge in [-0.1, -0.05) is 18.2 Å². The SMILES string of the molecule is CS(=O)(=O)NC(Oc1ccccc1)C(O)CN. The van der Waals surface area contributed by atoms with E-state index in [0.717, 1.165) is 6.26 Å². The lowest BCUT2D eigenvalue weighted by molar-refractivity contribution is 0.0356. The minimum absolute atomic E-state index is 0.111. The normalized spacial score (nSPS) is 15.2. The van der Waals surface area contributed by atoms with Crippen LogP contribution in [0.4, 0.5) is 0 Å². The molecule has 2 unspecified atom stereocenters. The molecule has 17 heavy (non-hydrogen) atoms. The first-order valence-corrected chi connectivity index (χ1v) is 6.88. The van der Waals surface area contributed by atoms with Gasteiger partial charge in [-0.25, -0.2) is 8.42 Å². The van der Waals surface area contributed by atoms with E-state index in [1.807, 2.05) is 0 Å². The number of benzene rings is 1. The lowest BCUT2D eigenvalue weighted by Crippen LogP contribution is -2.49. The number of para-hydroxylation sites is 1. The van der Waals surface area contributed by atoms with Crippen molar-refractivity contribution >= 4 is 10.0 Å². The van der Waals surface area contributed by atoms with Gasteiger partial charge >= 0.3 is 0 Å². The molecule has 0 aliphatic heterocycles. The average Bonchev–Trinajstić information content (AvgIpc) is 2.27. The third-order valence-corrected chi connectivity index (χ3v) is 2.59. The summed E-state index contributed by atoms with van der Waals surface area (Å²) in [4.78, 5) is 0. The van der Waals surface area contributed by atoms with E-state index in [2.05, 4.69) is 4.72 Å². The lowest BCUT2D eigenvalue weighted by Gasteiger charge is -2.23. The van der Waals surface area contributed by atoms with Crippen LogP contribution in [0.5, 0.6) is 5.75 Å². The first-order valence-electron chi connectivity index (χ1n) is 4.99. The van der Waals surface area contributed by atoms with E-state index >= 15 is 0 Å². The molecule has 0 aromatic heterocycles. The highest BCUT2D eigenvalue weighted by atomic mass is 32.2. The minimum Gasteiger partial charge on any atom is -0.472 e. The number of sulfonamides is 1. The van der Waals surface area contributed by atoms with Crippen molar-refractivity contribution in [3.05, 3.63) is 30.3 Å². The highest BCUT2D eigenvalue weighted by molar-refractivity contribution is 7.88. The number of aliphatic hydroxyl groups is 1. The lowest BCUT2D eigenvalue weighted by atomic mass is 10.3. The molecule has 1 aromatic rings. The van der Waals surface area contributed by atoms with Crippen LogP contribution < -0.4 is 15.2 Å². The van der Waals surface area contributed by atoms with E-state index in [1.165, 1.54) is 0 Å². The Hall–Kier alpha value is -1.15. The second-order valence-corrected chi connectivity index (χ2v) is 5.32. The molecule has 0 amide bonds. The molecule has 0 aliphatic rings. The van der Waals surface area contributed by atoms with Crippen molar-refractivity contribution in [2.75, 3.05) is 12.8 Å². The molecule has 1 aromatic carbocycles. The molecule has 0 saturated heterocycles. The van der Waals surface area contributed by atoms with Crippen LogP contribution in [0.1, 0.15) is 0 Å². The summed E-state index contributed by atoms with van der Waals surface area (Å²) in [7, 11) is -3.49. The standard InChI is InChI=1S/C10H16N2O4S/c1-17(14,15)12-10(9(13)7-11)16-8-5-3-2-4-6-8/h2-6,9-10,12-13H,7,11H2,1H3. The molecule has 1 rings (SSSR count). The Morgan fingerprint density at radius 2 is 2.00 bits per heavy atom. The topological polar surface area (TPSA) is 102 Å². The van der Waals surface area contributed by atoms with Gasteiger partial charge in [0.05, 0.1) is 6.26 Å². The van der Waals surface area contributed by atoms with Crippen molar-refractivity contribution in [3.8, 4) is 5.75 Å². The van der Waals surface area contributed by atoms with Crippen molar-refractivity contribution in [2.24, 2.45) is 5.73 Å². The largest absolute Gasteiger partial charge is 0.472 e. The van der Waals surface area contributed by atoms with Crippen molar-refractivity contribution in [2.45, 2.75) is 12.3 Å². The monoisotopic (exact) mass is 260 g/mol. The Morgan fingerprint density at radius 1 is 1.41 bits per heavy atom. The Morgan fingerprint density at radius 3 is 2.47 bits per heavy atom. The molecule has 7 heteroatoms. The number of rotatable bonds is 6. The molecule has 0 bridgehead atoms. The van der Waals surface area contributed by atoms with Gasteiger partial charge in [0.2, 0.25) is 10.0 Å². The summed E-state index contributed by atoms with van der Waals surface area (Å²) in [6.45, 7) is -0.111. The third kappa shape index (κ3) is 5.14. The van der Waals surface area contributed by atoms with E-state index in [1.54, 1.807) is 30.3 Å². The molecule has 0 radical (unpaired) electrons. The zero-order chi connectivity index (χ0) is 12.9. The van der Waals surface area contributed by atoms with Gasteiger partial charge in [-0.05, 0) is 12.1 Å². The van der Waals surface area contributed by atoms with Crippen LogP contribution in [-0.4, -0.2) is 38.7 Å². The zero-order valence-corrected chi connectivity index (χ0v) is 10.2. The second-order valence-electron chi connectivity index (χ2n) is 3.54. The number of ether oxygens (including phenoxy) is 1. The van der Waals surface area contributed by atoms with E-state index in [4.69, 9.17) is 10.5 Å². The van der Waals surface area contributed by atoms with Gasteiger partial charge in [-0.15, -0.1) is 0 Å². The summed E-state index contributed by atoms with van der Waals surface area (Å²) >= 11 is 0. The van der Waals surface area contributed by atoms with Crippen molar-refractivity contribution in [1.82, 2.24) is 4.72 Å². The van der Waals surface area contributed by atoms with Crippen LogP contribution in [-0.2, 0) is 10.0 Å². The molecule has 0 fully saturated rings. The fourth-order valence-electron chi connectivity index (χ4n) is 1.16. The Kier molecular flexibility index (Phi) is 4.88. The molecule has 0 saturated carbocycles. The Bertz CT molecular complexity index is 435. The quantitative estimate of drug-likeness (QED) is 0.585. The number of hydrogen-bond donors (Lipinski definition) is 3. The Labute approximate surface area is 100 Å². The van der Waals surface area contributed by atoms with E-state index in [0.29, 0.717) is 5.75 Å². The van der Waals surface area contributed by atoms with Crippen LogP contribution in [0.15, 0.2) is 30.3 Å². The summed E-state index contributed by atoms with van der Waals surface area (Å²) in [5.41, 5.74) is 5.28. The number of hydrogen-bond acceptors (Lipinski definition) is 5. The van der Waals surface area contributed by atoms with Crippen molar-refractivity contribution < 1.29 is 18.3 Å². The predicted molar refractivity (Wildman–Crippen MR) is 63.9 cm³/mol. The van der Waals surface area contributed by atoms with E-state index in [9.17, 15) is 13.5 Å². The van der Waals surface area contributed by atoms with Crippen molar-refractivity contribution in [1.29, 1.82) is 0 Å². The van der Waals surface area contributed by atoms with Crippen LogP contribution in [0.3, 0.4) is 0 Å². The van der Waals surface area contributed by atoms with E-state index < -0.39 is 22.4 Å². The van der Waals surface area contributed by atoms with Gasteiger partial charge in [0, 0.05) is 6.54 Å². The Balaban J connectivity index is 2.78. The van der Waals surface area contributed by atoms with Crippen molar-refractivity contribution in [3.63, 3.8) is 0 Å². The molecular formula is C10H16N2O4S. The van der Waals surface area contributed by atoms with Crippen LogP contribution in [0.2, 0.25) is 0 Å². The molecule has 96 valence electrons. The molecule has 4 N–H and O–H groups in total. The van der Waals surface area contributed by atoms with Gasteiger partial charge < -0.3 is 15.6 Å². The summed E-state index contributed by atoms with van der Waals surface area (Å²) in [6.07, 6.45) is -1.24. The fraction of sp³-hybridized carbons (Fsp3) is 0.400. The second kappa shape index (κ2) is 5.97. The molecule has 2 atom stereocenters. The maximum atomic E-state index is 11.1. The van der Waals surface area contributed by atoms with Crippen LogP contribution in [0, 0.1) is 0 Å². The first-order chi connectivity index (χ1) is 7.92. The number of nitrogens with two attached hydrogens (primary N) is 1. The maximum absolute atomic E-state index is 11.1. The third-order valence-electron chi connectivity index (χ3n) is 1.93. The smallest absolute Gasteiger partial charge is 0.211 e. The first kappa shape index (κ1) is 13.9. The molecule has 6 nitrogen and oxygen atoms in total. The minimum atomic E-state index is -3.49. The van der Waals surface area contributed by atoms with Gasteiger partial charge in [-0.3, -0.25) is 0 Å². The average molecular weight is 260 g/mol. The highest BCUT2D eigenvalue weighted by Crippen LogP contribution is 2.11. The number of nitrogens with one attached hydrogen (secondary N) is 1. The maximum Gasteiger partial charge on any atom is 0.211 e. The molecular weight excluding hydrogens is 244 g/mol. The van der Waals surface area contributed by atoms with Gasteiger partial charge in [0.15, 0.2) is 6.23 Å². The predicted octanol–water partition coefficient (Wildman–Crippen LogP) is -0.740.